The number of carbonyl (C=O) groups excluding carboxylic acids is 1. The van der Waals surface area contributed by atoms with Gasteiger partial charge < -0.3 is 15.2 Å². The Hall–Kier alpha value is -2.11. The van der Waals surface area contributed by atoms with Crippen LogP contribution in [0.4, 0.5) is 0 Å². The first kappa shape index (κ1) is 15.9. The van der Waals surface area contributed by atoms with E-state index >= 15 is 0 Å². The van der Waals surface area contributed by atoms with Crippen molar-refractivity contribution < 1.29 is 19.4 Å². The molecule has 2 N–H and O–H groups in total. The summed E-state index contributed by atoms with van der Waals surface area (Å²) >= 11 is 0. The fraction of sp³-hybridized carbons (Fsp3) is 0.500. The fourth-order valence-corrected chi connectivity index (χ4v) is 1.84. The molecule has 0 radical (unpaired) electrons. The highest BCUT2D eigenvalue weighted by molar-refractivity contribution is 5.77. The first-order chi connectivity index (χ1) is 9.32. The minimum Gasteiger partial charge on any atom is -0.481 e. The standard InChI is InChI=1S/C14H20N2O4/c1-14(2,8-13(18)19)7-11(17)16-9-10-4-5-15-12(6-10)20-3/h4-6H,7-9H2,1-3H3,(H,16,17)(H,18,19). The third kappa shape index (κ3) is 5.69. The molecule has 0 aromatic carbocycles. The van der Waals surface area contributed by atoms with Gasteiger partial charge in [0.15, 0.2) is 0 Å². The Kier molecular flexibility index (Phi) is 5.49. The lowest BCUT2D eigenvalue weighted by atomic mass is 9.85. The van der Waals surface area contributed by atoms with E-state index in [2.05, 4.69) is 10.3 Å². The fourth-order valence-electron chi connectivity index (χ4n) is 1.84. The third-order valence-corrected chi connectivity index (χ3v) is 2.77. The Balaban J connectivity index is 2.48. The predicted molar refractivity (Wildman–Crippen MR) is 73.3 cm³/mol. The highest BCUT2D eigenvalue weighted by Gasteiger charge is 2.24. The number of rotatable bonds is 7. The van der Waals surface area contributed by atoms with Gasteiger partial charge in [-0.15, -0.1) is 0 Å². The van der Waals surface area contributed by atoms with Gasteiger partial charge in [-0.1, -0.05) is 13.8 Å². The van der Waals surface area contributed by atoms with Crippen LogP contribution in [-0.2, 0) is 16.1 Å². The summed E-state index contributed by atoms with van der Waals surface area (Å²) < 4.78 is 5.00. The maximum atomic E-state index is 11.8. The van der Waals surface area contributed by atoms with E-state index in [1.54, 1.807) is 32.2 Å². The Labute approximate surface area is 118 Å². The number of aliphatic carboxylic acids is 1. The average Bonchev–Trinajstić information content (AvgIpc) is 2.34. The topological polar surface area (TPSA) is 88.5 Å². The van der Waals surface area contributed by atoms with Gasteiger partial charge in [0.25, 0.3) is 0 Å². The number of hydrogen-bond acceptors (Lipinski definition) is 4. The van der Waals surface area contributed by atoms with Gasteiger partial charge in [-0.3, -0.25) is 9.59 Å². The van der Waals surface area contributed by atoms with E-state index < -0.39 is 11.4 Å². The molecule has 1 aromatic heterocycles. The second kappa shape index (κ2) is 6.88. The molecule has 0 spiro atoms. The van der Waals surface area contributed by atoms with Crippen LogP contribution >= 0.6 is 0 Å². The van der Waals surface area contributed by atoms with E-state index in [9.17, 15) is 9.59 Å². The monoisotopic (exact) mass is 280 g/mol. The molecule has 1 amide bonds. The number of amides is 1. The quantitative estimate of drug-likeness (QED) is 0.792. The van der Waals surface area contributed by atoms with Gasteiger partial charge in [0.1, 0.15) is 0 Å². The molecule has 110 valence electrons. The molecule has 1 rings (SSSR count). The predicted octanol–water partition coefficient (Wildman–Crippen LogP) is 1.60. The maximum absolute atomic E-state index is 11.8. The van der Waals surface area contributed by atoms with Crippen molar-refractivity contribution in [2.75, 3.05) is 7.11 Å². The van der Waals surface area contributed by atoms with Gasteiger partial charge in [0.05, 0.1) is 13.5 Å². The highest BCUT2D eigenvalue weighted by Crippen LogP contribution is 2.24. The number of carboxylic acids is 1. The molecule has 0 saturated carbocycles. The van der Waals surface area contributed by atoms with Crippen LogP contribution in [-0.4, -0.2) is 29.1 Å². The van der Waals surface area contributed by atoms with Crippen LogP contribution in [0.3, 0.4) is 0 Å². The number of pyridine rings is 1. The van der Waals surface area contributed by atoms with Crippen LogP contribution in [0.25, 0.3) is 0 Å². The van der Waals surface area contributed by atoms with Crippen LogP contribution in [0, 0.1) is 5.41 Å². The second-order valence-electron chi connectivity index (χ2n) is 5.39. The van der Waals surface area contributed by atoms with E-state index in [-0.39, 0.29) is 18.7 Å². The number of aromatic nitrogens is 1. The molecule has 0 atom stereocenters. The number of ether oxygens (including phenoxy) is 1. The molecule has 0 saturated heterocycles. The van der Waals surface area contributed by atoms with Gasteiger partial charge in [0, 0.05) is 25.2 Å². The number of nitrogens with one attached hydrogen (secondary N) is 1. The van der Waals surface area contributed by atoms with Gasteiger partial charge >= 0.3 is 5.97 Å². The molecule has 0 aliphatic carbocycles. The Morgan fingerprint density at radius 1 is 1.40 bits per heavy atom. The van der Waals surface area contributed by atoms with Crippen molar-refractivity contribution in [1.29, 1.82) is 0 Å². The molecular formula is C14H20N2O4. The van der Waals surface area contributed by atoms with Crippen molar-refractivity contribution in [3.63, 3.8) is 0 Å². The lowest BCUT2D eigenvalue weighted by Gasteiger charge is -2.21. The van der Waals surface area contributed by atoms with Crippen molar-refractivity contribution in [3.05, 3.63) is 23.9 Å². The molecule has 1 heterocycles. The summed E-state index contributed by atoms with van der Waals surface area (Å²) in [6.07, 6.45) is 1.74. The summed E-state index contributed by atoms with van der Waals surface area (Å²) in [6, 6.07) is 3.52. The number of nitrogens with zero attached hydrogens (tertiary/aromatic N) is 1. The average molecular weight is 280 g/mol. The Morgan fingerprint density at radius 2 is 2.10 bits per heavy atom. The largest absolute Gasteiger partial charge is 0.481 e. The Bertz CT molecular complexity index is 486. The van der Waals surface area contributed by atoms with Gasteiger partial charge in [0.2, 0.25) is 11.8 Å². The smallest absolute Gasteiger partial charge is 0.303 e. The van der Waals surface area contributed by atoms with Crippen LogP contribution in [0.1, 0.15) is 32.3 Å². The van der Waals surface area contributed by atoms with Crippen molar-refractivity contribution in [3.8, 4) is 5.88 Å². The summed E-state index contributed by atoms with van der Waals surface area (Å²) in [5.74, 6) is -0.586. The van der Waals surface area contributed by atoms with Gasteiger partial charge in [-0.25, -0.2) is 4.98 Å². The summed E-state index contributed by atoms with van der Waals surface area (Å²) in [7, 11) is 1.53. The molecule has 0 aliphatic rings. The molecular weight excluding hydrogens is 260 g/mol. The summed E-state index contributed by atoms with van der Waals surface area (Å²) in [4.78, 5) is 26.5. The van der Waals surface area contributed by atoms with Crippen LogP contribution in [0.2, 0.25) is 0 Å². The first-order valence-corrected chi connectivity index (χ1v) is 6.30. The van der Waals surface area contributed by atoms with E-state index in [4.69, 9.17) is 9.84 Å². The van der Waals surface area contributed by atoms with Crippen LogP contribution in [0.5, 0.6) is 5.88 Å². The molecule has 20 heavy (non-hydrogen) atoms. The van der Waals surface area contributed by atoms with E-state index in [1.165, 1.54) is 7.11 Å². The summed E-state index contributed by atoms with van der Waals surface area (Å²) in [6.45, 7) is 3.88. The van der Waals surface area contributed by atoms with E-state index in [0.29, 0.717) is 12.4 Å². The number of hydrogen-bond donors (Lipinski definition) is 2. The van der Waals surface area contributed by atoms with Crippen molar-refractivity contribution in [2.45, 2.75) is 33.2 Å². The molecule has 6 nitrogen and oxygen atoms in total. The lowest BCUT2D eigenvalue weighted by molar-refractivity contribution is -0.139. The molecule has 6 heteroatoms. The van der Waals surface area contributed by atoms with Crippen LogP contribution < -0.4 is 10.1 Å². The molecule has 0 unspecified atom stereocenters. The van der Waals surface area contributed by atoms with Crippen molar-refractivity contribution >= 4 is 11.9 Å². The first-order valence-electron chi connectivity index (χ1n) is 6.30. The third-order valence-electron chi connectivity index (χ3n) is 2.77. The second-order valence-corrected chi connectivity index (χ2v) is 5.39. The molecule has 0 bridgehead atoms. The van der Waals surface area contributed by atoms with E-state index in [1.807, 2.05) is 0 Å². The minimum atomic E-state index is -0.901. The minimum absolute atomic E-state index is 0.0382. The highest BCUT2D eigenvalue weighted by atomic mass is 16.5. The lowest BCUT2D eigenvalue weighted by Crippen LogP contribution is -2.29. The number of carboxylic acid groups (broad SMARTS) is 1. The summed E-state index contributed by atoms with van der Waals surface area (Å²) in [5, 5.41) is 11.5. The SMILES string of the molecule is COc1cc(CNC(=O)CC(C)(C)CC(=O)O)ccn1. The normalized spacial score (nSPS) is 10.9. The van der Waals surface area contributed by atoms with Crippen molar-refractivity contribution in [2.24, 2.45) is 5.41 Å². The van der Waals surface area contributed by atoms with Crippen LogP contribution in [0.15, 0.2) is 18.3 Å². The molecule has 1 aromatic rings. The summed E-state index contributed by atoms with van der Waals surface area (Å²) in [5.41, 5.74) is 0.313. The zero-order valence-corrected chi connectivity index (χ0v) is 12.0. The van der Waals surface area contributed by atoms with Gasteiger partial charge in [-0.05, 0) is 17.0 Å². The number of methoxy groups -OCH3 is 1. The number of carbonyl (C=O) groups is 2. The van der Waals surface area contributed by atoms with Gasteiger partial charge in [-0.2, -0.15) is 0 Å². The molecule has 0 fully saturated rings. The van der Waals surface area contributed by atoms with E-state index in [0.717, 1.165) is 5.56 Å². The Morgan fingerprint density at radius 3 is 2.70 bits per heavy atom. The zero-order chi connectivity index (χ0) is 15.2. The molecule has 0 aliphatic heterocycles. The van der Waals surface area contributed by atoms with Crippen molar-refractivity contribution in [1.82, 2.24) is 10.3 Å². The zero-order valence-electron chi connectivity index (χ0n) is 12.0. The maximum Gasteiger partial charge on any atom is 0.303 e.